The number of aromatic nitrogens is 3. The molecule has 3 aromatic rings. The molecule has 2 aromatic heterocycles. The summed E-state index contributed by atoms with van der Waals surface area (Å²) in [6, 6.07) is 9.63. The van der Waals surface area contributed by atoms with Crippen LogP contribution in [0.2, 0.25) is 0 Å². The van der Waals surface area contributed by atoms with Crippen molar-refractivity contribution in [2.24, 2.45) is 0 Å². The van der Waals surface area contributed by atoms with E-state index in [4.69, 9.17) is 4.52 Å². The minimum absolute atomic E-state index is 0.285. The van der Waals surface area contributed by atoms with Gasteiger partial charge in [-0.2, -0.15) is 0 Å². The summed E-state index contributed by atoms with van der Waals surface area (Å²) in [7, 11) is 0. The molecule has 0 aliphatic rings. The van der Waals surface area contributed by atoms with Crippen LogP contribution < -0.4 is 5.32 Å². The molecule has 1 aromatic carbocycles. The average molecular weight is 294 g/mol. The zero-order valence-electron chi connectivity index (χ0n) is 12.2. The molecular weight excluding hydrogens is 280 g/mol. The Balaban J connectivity index is 1.78. The minimum atomic E-state index is -0.285. The van der Waals surface area contributed by atoms with Crippen molar-refractivity contribution in [3.63, 3.8) is 0 Å². The largest absolute Gasteiger partial charge is 0.361 e. The van der Waals surface area contributed by atoms with Gasteiger partial charge < -0.3 is 9.84 Å². The second-order valence-corrected chi connectivity index (χ2v) is 4.81. The van der Waals surface area contributed by atoms with E-state index in [9.17, 15) is 4.79 Å². The highest BCUT2D eigenvalue weighted by Gasteiger charge is 2.17. The van der Waals surface area contributed by atoms with Crippen molar-refractivity contribution < 1.29 is 9.32 Å². The SMILES string of the molecule is Cc1noc(C)c1C(=O)Nc1cnc(-c2ccccc2)nc1. The molecule has 0 spiro atoms. The zero-order chi connectivity index (χ0) is 15.5. The second-order valence-electron chi connectivity index (χ2n) is 4.81. The summed E-state index contributed by atoms with van der Waals surface area (Å²) in [6.07, 6.45) is 3.15. The fraction of sp³-hybridized carbons (Fsp3) is 0.125. The third-order valence-electron chi connectivity index (χ3n) is 3.20. The summed E-state index contributed by atoms with van der Waals surface area (Å²) in [4.78, 5) is 20.7. The molecular formula is C16H14N4O2. The van der Waals surface area contributed by atoms with Crippen LogP contribution >= 0.6 is 0 Å². The van der Waals surface area contributed by atoms with E-state index in [1.165, 1.54) is 0 Å². The van der Waals surface area contributed by atoms with Crippen LogP contribution in [0, 0.1) is 13.8 Å². The molecule has 0 aliphatic heterocycles. The number of hydrogen-bond acceptors (Lipinski definition) is 5. The molecule has 0 unspecified atom stereocenters. The van der Waals surface area contributed by atoms with Crippen LogP contribution in [0.1, 0.15) is 21.8 Å². The van der Waals surface area contributed by atoms with Crippen LogP contribution in [0.25, 0.3) is 11.4 Å². The van der Waals surface area contributed by atoms with E-state index in [1.807, 2.05) is 30.3 Å². The van der Waals surface area contributed by atoms with E-state index >= 15 is 0 Å². The third kappa shape index (κ3) is 2.71. The van der Waals surface area contributed by atoms with E-state index in [-0.39, 0.29) is 5.91 Å². The molecule has 1 amide bonds. The molecule has 6 heteroatoms. The molecule has 2 heterocycles. The van der Waals surface area contributed by atoms with Crippen LogP contribution in [-0.2, 0) is 0 Å². The van der Waals surface area contributed by atoms with Crippen molar-refractivity contribution >= 4 is 11.6 Å². The van der Waals surface area contributed by atoms with Gasteiger partial charge >= 0.3 is 0 Å². The highest BCUT2D eigenvalue weighted by Crippen LogP contribution is 2.17. The number of carbonyl (C=O) groups is 1. The predicted molar refractivity (Wildman–Crippen MR) is 81.4 cm³/mol. The topological polar surface area (TPSA) is 80.9 Å². The molecule has 3 rings (SSSR count). The minimum Gasteiger partial charge on any atom is -0.361 e. The van der Waals surface area contributed by atoms with Gasteiger partial charge in [0.15, 0.2) is 5.82 Å². The lowest BCUT2D eigenvalue weighted by Crippen LogP contribution is -2.14. The van der Waals surface area contributed by atoms with Crippen LogP contribution in [0.5, 0.6) is 0 Å². The average Bonchev–Trinajstić information content (AvgIpc) is 2.88. The first-order valence-corrected chi connectivity index (χ1v) is 6.77. The van der Waals surface area contributed by atoms with Gasteiger partial charge in [0.25, 0.3) is 5.91 Å². The summed E-state index contributed by atoms with van der Waals surface area (Å²) in [5, 5.41) is 6.51. The Morgan fingerprint density at radius 2 is 1.77 bits per heavy atom. The standard InChI is InChI=1S/C16H14N4O2/c1-10-14(11(2)22-20-10)16(21)19-13-8-17-15(18-9-13)12-6-4-3-5-7-12/h3-9H,1-2H3,(H,19,21). The molecule has 0 saturated carbocycles. The van der Waals surface area contributed by atoms with Gasteiger partial charge in [-0.25, -0.2) is 9.97 Å². The monoisotopic (exact) mass is 294 g/mol. The number of benzene rings is 1. The summed E-state index contributed by atoms with van der Waals surface area (Å²) in [6.45, 7) is 3.42. The molecule has 22 heavy (non-hydrogen) atoms. The second kappa shape index (κ2) is 5.77. The molecule has 0 fully saturated rings. The van der Waals surface area contributed by atoms with Crippen LogP contribution in [0.4, 0.5) is 5.69 Å². The smallest absolute Gasteiger partial charge is 0.261 e. The Hall–Kier alpha value is -3.02. The lowest BCUT2D eigenvalue weighted by Gasteiger charge is -2.05. The fourth-order valence-corrected chi connectivity index (χ4v) is 2.13. The number of carbonyl (C=O) groups excluding carboxylic acids is 1. The quantitative estimate of drug-likeness (QED) is 0.803. The van der Waals surface area contributed by atoms with Crippen molar-refractivity contribution in [1.29, 1.82) is 0 Å². The van der Waals surface area contributed by atoms with Gasteiger partial charge in [0.05, 0.1) is 23.8 Å². The van der Waals surface area contributed by atoms with Crippen LogP contribution in [0.3, 0.4) is 0 Å². The first-order chi connectivity index (χ1) is 10.6. The number of amides is 1. The normalized spacial score (nSPS) is 10.5. The first kappa shape index (κ1) is 13.9. The number of hydrogen-bond donors (Lipinski definition) is 1. The number of rotatable bonds is 3. The Bertz CT molecular complexity index is 775. The Morgan fingerprint density at radius 3 is 2.36 bits per heavy atom. The molecule has 110 valence electrons. The van der Waals surface area contributed by atoms with Gasteiger partial charge in [-0.05, 0) is 13.8 Å². The summed E-state index contributed by atoms with van der Waals surface area (Å²) in [5.74, 6) is 0.806. The molecule has 1 N–H and O–H groups in total. The van der Waals surface area contributed by atoms with Gasteiger partial charge in [-0.3, -0.25) is 4.79 Å². The zero-order valence-corrected chi connectivity index (χ0v) is 12.2. The van der Waals surface area contributed by atoms with Crippen molar-refractivity contribution in [2.45, 2.75) is 13.8 Å². The van der Waals surface area contributed by atoms with Crippen molar-refractivity contribution in [3.05, 3.63) is 59.7 Å². The Labute approximate surface area is 127 Å². The highest BCUT2D eigenvalue weighted by molar-refractivity contribution is 6.05. The summed E-state index contributed by atoms with van der Waals surface area (Å²) in [5.41, 5.74) is 2.43. The third-order valence-corrected chi connectivity index (χ3v) is 3.20. The summed E-state index contributed by atoms with van der Waals surface area (Å²) >= 11 is 0. The van der Waals surface area contributed by atoms with Gasteiger partial charge in [0.2, 0.25) is 0 Å². The number of nitrogens with zero attached hydrogens (tertiary/aromatic N) is 3. The lowest BCUT2D eigenvalue weighted by molar-refractivity contribution is 0.102. The highest BCUT2D eigenvalue weighted by atomic mass is 16.5. The molecule has 0 radical (unpaired) electrons. The molecule has 0 bridgehead atoms. The maximum Gasteiger partial charge on any atom is 0.261 e. The van der Waals surface area contributed by atoms with E-state index in [1.54, 1.807) is 26.2 Å². The van der Waals surface area contributed by atoms with Gasteiger partial charge in [0.1, 0.15) is 11.3 Å². The van der Waals surface area contributed by atoms with E-state index in [0.717, 1.165) is 5.56 Å². The Kier molecular flexibility index (Phi) is 3.65. The van der Waals surface area contributed by atoms with Crippen molar-refractivity contribution in [3.8, 4) is 11.4 Å². The number of aryl methyl sites for hydroxylation is 2. The molecule has 0 atom stereocenters. The van der Waals surface area contributed by atoms with Gasteiger partial charge in [-0.1, -0.05) is 35.5 Å². The summed E-state index contributed by atoms with van der Waals surface area (Å²) < 4.78 is 4.99. The van der Waals surface area contributed by atoms with Crippen LogP contribution in [0.15, 0.2) is 47.2 Å². The lowest BCUT2D eigenvalue weighted by atomic mass is 10.2. The molecule has 6 nitrogen and oxygen atoms in total. The van der Waals surface area contributed by atoms with Crippen molar-refractivity contribution in [1.82, 2.24) is 15.1 Å². The fourth-order valence-electron chi connectivity index (χ4n) is 2.13. The van der Waals surface area contributed by atoms with E-state index < -0.39 is 0 Å². The Morgan fingerprint density at radius 1 is 1.09 bits per heavy atom. The molecule has 0 aliphatic carbocycles. The molecule has 0 saturated heterocycles. The van der Waals surface area contributed by atoms with E-state index in [0.29, 0.717) is 28.5 Å². The van der Waals surface area contributed by atoms with E-state index in [2.05, 4.69) is 20.4 Å². The number of nitrogens with one attached hydrogen (secondary N) is 1. The maximum absolute atomic E-state index is 12.2. The maximum atomic E-state index is 12.2. The number of anilines is 1. The van der Waals surface area contributed by atoms with Gasteiger partial charge in [-0.15, -0.1) is 0 Å². The van der Waals surface area contributed by atoms with Crippen molar-refractivity contribution in [2.75, 3.05) is 5.32 Å². The predicted octanol–water partition coefficient (Wildman–Crippen LogP) is 3.00. The first-order valence-electron chi connectivity index (χ1n) is 6.77. The van der Waals surface area contributed by atoms with Gasteiger partial charge in [0, 0.05) is 5.56 Å². The van der Waals surface area contributed by atoms with Crippen LogP contribution in [-0.4, -0.2) is 21.0 Å².